The Morgan fingerprint density at radius 2 is 2.12 bits per heavy atom. The number of hydrogen-bond donors (Lipinski definition) is 1. The van der Waals surface area contributed by atoms with E-state index in [2.05, 4.69) is 9.72 Å². The molecule has 0 spiro atoms. The van der Waals surface area contributed by atoms with Crippen molar-refractivity contribution in [2.24, 2.45) is 5.92 Å². The molecule has 2 rings (SSSR count). The van der Waals surface area contributed by atoms with Crippen LogP contribution < -0.4 is 4.74 Å². The summed E-state index contributed by atoms with van der Waals surface area (Å²) in [4.78, 5) is 28.8. The van der Waals surface area contributed by atoms with Crippen molar-refractivity contribution in [2.45, 2.75) is 32.0 Å². The first kappa shape index (κ1) is 18.0. The van der Waals surface area contributed by atoms with Gasteiger partial charge in [-0.2, -0.15) is 13.2 Å². The van der Waals surface area contributed by atoms with Crippen LogP contribution in [0.3, 0.4) is 0 Å². The standard InChI is InChI=1S/C15H17F3N2O4/c1-9-5-6-20(11(7-9)14(22)23)13(21)10-3-2-4-12(19-10)24-8-15(16,17)18/h2-4,9,11H,5-8H2,1H3,(H,22,23). The maximum absolute atomic E-state index is 12.5. The lowest BCUT2D eigenvalue weighted by Crippen LogP contribution is -2.50. The number of aromatic nitrogens is 1. The summed E-state index contributed by atoms with van der Waals surface area (Å²) in [7, 11) is 0. The van der Waals surface area contributed by atoms with Crippen LogP contribution in [0.2, 0.25) is 0 Å². The summed E-state index contributed by atoms with van der Waals surface area (Å²) in [6, 6.07) is 2.89. The van der Waals surface area contributed by atoms with E-state index >= 15 is 0 Å². The number of piperidine rings is 1. The van der Waals surface area contributed by atoms with Crippen LogP contribution in [0.4, 0.5) is 13.2 Å². The number of carboxylic acid groups (broad SMARTS) is 1. The molecule has 2 heterocycles. The molecule has 6 nitrogen and oxygen atoms in total. The monoisotopic (exact) mass is 346 g/mol. The minimum absolute atomic E-state index is 0.143. The summed E-state index contributed by atoms with van der Waals surface area (Å²) in [5, 5.41) is 9.29. The van der Waals surface area contributed by atoms with Gasteiger partial charge in [0.1, 0.15) is 11.7 Å². The number of alkyl halides is 3. The van der Waals surface area contributed by atoms with Crippen LogP contribution in [0.25, 0.3) is 0 Å². The predicted molar refractivity (Wildman–Crippen MR) is 76.6 cm³/mol. The van der Waals surface area contributed by atoms with E-state index in [0.29, 0.717) is 12.8 Å². The van der Waals surface area contributed by atoms with Crippen molar-refractivity contribution in [2.75, 3.05) is 13.2 Å². The molecule has 1 amide bonds. The van der Waals surface area contributed by atoms with Crippen LogP contribution in [0.1, 0.15) is 30.3 Å². The van der Waals surface area contributed by atoms with E-state index in [9.17, 15) is 27.9 Å². The third kappa shape index (κ3) is 4.59. The Labute approximate surface area is 136 Å². The average molecular weight is 346 g/mol. The van der Waals surface area contributed by atoms with E-state index in [0.717, 1.165) is 0 Å². The highest BCUT2D eigenvalue weighted by Crippen LogP contribution is 2.25. The van der Waals surface area contributed by atoms with Crippen molar-refractivity contribution in [1.29, 1.82) is 0 Å². The molecular weight excluding hydrogens is 329 g/mol. The van der Waals surface area contributed by atoms with Gasteiger partial charge in [-0.3, -0.25) is 4.79 Å². The van der Waals surface area contributed by atoms with Crippen LogP contribution in [0, 0.1) is 5.92 Å². The first-order valence-electron chi connectivity index (χ1n) is 7.38. The summed E-state index contributed by atoms with van der Waals surface area (Å²) in [5.41, 5.74) is -0.143. The summed E-state index contributed by atoms with van der Waals surface area (Å²) in [5.74, 6) is -1.91. The van der Waals surface area contributed by atoms with Gasteiger partial charge in [-0.15, -0.1) is 0 Å². The number of hydrogen-bond acceptors (Lipinski definition) is 4. The highest BCUT2D eigenvalue weighted by molar-refractivity contribution is 5.95. The number of ether oxygens (including phenoxy) is 1. The van der Waals surface area contributed by atoms with Gasteiger partial charge in [-0.1, -0.05) is 13.0 Å². The van der Waals surface area contributed by atoms with Crippen molar-refractivity contribution in [3.05, 3.63) is 23.9 Å². The number of carbonyl (C=O) groups is 2. The second-order valence-corrected chi connectivity index (χ2v) is 5.75. The van der Waals surface area contributed by atoms with Gasteiger partial charge in [0.05, 0.1) is 0 Å². The minimum atomic E-state index is -4.51. The lowest BCUT2D eigenvalue weighted by atomic mass is 9.92. The van der Waals surface area contributed by atoms with Crippen LogP contribution in [0.15, 0.2) is 18.2 Å². The molecular formula is C15H17F3N2O4. The third-order valence-electron chi connectivity index (χ3n) is 3.74. The Morgan fingerprint density at radius 3 is 2.75 bits per heavy atom. The number of likely N-dealkylation sites (tertiary alicyclic amines) is 1. The summed E-state index contributed by atoms with van der Waals surface area (Å²) in [6.07, 6.45) is -3.54. The van der Waals surface area contributed by atoms with Gasteiger partial charge in [0, 0.05) is 12.6 Å². The molecule has 24 heavy (non-hydrogen) atoms. The van der Waals surface area contributed by atoms with E-state index in [4.69, 9.17) is 0 Å². The number of pyridine rings is 1. The molecule has 0 aromatic carbocycles. The molecule has 0 aliphatic carbocycles. The molecule has 1 aromatic rings. The number of aliphatic carboxylic acids is 1. The Balaban J connectivity index is 2.15. The van der Waals surface area contributed by atoms with Gasteiger partial charge in [0.2, 0.25) is 5.88 Å². The molecule has 1 saturated heterocycles. The number of rotatable bonds is 4. The SMILES string of the molecule is CC1CCN(C(=O)c2cccc(OCC(F)(F)F)n2)C(C(=O)O)C1. The zero-order valence-electron chi connectivity index (χ0n) is 12.9. The van der Waals surface area contributed by atoms with Crippen molar-refractivity contribution in [3.63, 3.8) is 0 Å². The maximum atomic E-state index is 12.5. The first-order valence-corrected chi connectivity index (χ1v) is 7.38. The van der Waals surface area contributed by atoms with E-state index in [-0.39, 0.29) is 24.0 Å². The molecule has 1 N–H and O–H groups in total. The van der Waals surface area contributed by atoms with Gasteiger partial charge in [-0.05, 0) is 24.8 Å². The lowest BCUT2D eigenvalue weighted by Gasteiger charge is -2.35. The van der Waals surface area contributed by atoms with Gasteiger partial charge < -0.3 is 14.7 Å². The molecule has 132 valence electrons. The Kier molecular flexibility index (Phi) is 5.30. The smallest absolute Gasteiger partial charge is 0.422 e. The topological polar surface area (TPSA) is 79.7 Å². The van der Waals surface area contributed by atoms with Crippen LogP contribution in [-0.2, 0) is 4.79 Å². The summed E-state index contributed by atoms with van der Waals surface area (Å²) in [6.45, 7) is 0.643. The largest absolute Gasteiger partial charge is 0.480 e. The van der Waals surface area contributed by atoms with Crippen LogP contribution in [0.5, 0.6) is 5.88 Å². The van der Waals surface area contributed by atoms with Gasteiger partial charge in [0.15, 0.2) is 6.61 Å². The molecule has 0 radical (unpaired) electrons. The van der Waals surface area contributed by atoms with Crippen molar-refractivity contribution in [3.8, 4) is 5.88 Å². The number of nitrogens with zero attached hydrogens (tertiary/aromatic N) is 2. The van der Waals surface area contributed by atoms with E-state index in [1.807, 2.05) is 6.92 Å². The molecule has 1 aromatic heterocycles. The van der Waals surface area contributed by atoms with Crippen LogP contribution in [-0.4, -0.2) is 52.2 Å². The Bertz CT molecular complexity index is 621. The fraction of sp³-hybridized carbons (Fsp3) is 0.533. The minimum Gasteiger partial charge on any atom is -0.480 e. The normalized spacial score (nSPS) is 21.4. The summed E-state index contributed by atoms with van der Waals surface area (Å²) < 4.78 is 41.0. The Hall–Kier alpha value is -2.32. The second kappa shape index (κ2) is 7.06. The zero-order chi connectivity index (χ0) is 17.9. The highest BCUT2D eigenvalue weighted by atomic mass is 19.4. The van der Waals surface area contributed by atoms with Gasteiger partial charge in [-0.25, -0.2) is 9.78 Å². The van der Waals surface area contributed by atoms with E-state index in [1.165, 1.54) is 23.1 Å². The Morgan fingerprint density at radius 1 is 1.42 bits per heavy atom. The lowest BCUT2D eigenvalue weighted by molar-refractivity contribution is -0.154. The number of amides is 1. The number of carbonyl (C=O) groups excluding carboxylic acids is 1. The molecule has 1 aliphatic rings. The molecule has 9 heteroatoms. The van der Waals surface area contributed by atoms with Crippen molar-refractivity contribution >= 4 is 11.9 Å². The molecule has 1 aliphatic heterocycles. The maximum Gasteiger partial charge on any atom is 0.422 e. The fourth-order valence-corrected chi connectivity index (χ4v) is 2.54. The zero-order valence-corrected chi connectivity index (χ0v) is 12.9. The number of halogens is 3. The quantitative estimate of drug-likeness (QED) is 0.905. The average Bonchev–Trinajstić information content (AvgIpc) is 2.52. The van der Waals surface area contributed by atoms with Crippen molar-refractivity contribution in [1.82, 2.24) is 9.88 Å². The second-order valence-electron chi connectivity index (χ2n) is 5.75. The van der Waals surface area contributed by atoms with Gasteiger partial charge >= 0.3 is 12.1 Å². The van der Waals surface area contributed by atoms with Crippen molar-refractivity contribution < 1.29 is 32.6 Å². The molecule has 0 saturated carbocycles. The fourth-order valence-electron chi connectivity index (χ4n) is 2.54. The molecule has 0 bridgehead atoms. The third-order valence-corrected chi connectivity index (χ3v) is 3.74. The molecule has 2 unspecified atom stereocenters. The molecule has 2 atom stereocenters. The summed E-state index contributed by atoms with van der Waals surface area (Å²) >= 11 is 0. The van der Waals surface area contributed by atoms with Crippen LogP contribution >= 0.6 is 0 Å². The van der Waals surface area contributed by atoms with E-state index in [1.54, 1.807) is 0 Å². The molecule has 1 fully saturated rings. The number of carboxylic acids is 1. The predicted octanol–water partition coefficient (Wildman–Crippen LogP) is 2.35. The van der Waals surface area contributed by atoms with E-state index < -0.39 is 30.7 Å². The highest BCUT2D eigenvalue weighted by Gasteiger charge is 2.35. The first-order chi connectivity index (χ1) is 11.2. The van der Waals surface area contributed by atoms with Gasteiger partial charge in [0.25, 0.3) is 5.91 Å².